The van der Waals surface area contributed by atoms with Gasteiger partial charge in [0.25, 0.3) is 0 Å². The standard InChI is InChI=1S/C12H12ClN3OS/c1-8(11(14)17)18-12-15-6-7-16(12)10-4-2-9(13)3-5-10/h2-8H,1H3,(H2,14,17)/t8-/m1/s1. The summed E-state index contributed by atoms with van der Waals surface area (Å²) in [5.74, 6) is -0.356. The smallest absolute Gasteiger partial charge is 0.230 e. The van der Waals surface area contributed by atoms with Crippen LogP contribution in [0.15, 0.2) is 41.8 Å². The van der Waals surface area contributed by atoms with Crippen molar-refractivity contribution in [2.75, 3.05) is 0 Å². The SMILES string of the molecule is C[C@@H](Sc1nccn1-c1ccc(Cl)cc1)C(N)=O. The van der Waals surface area contributed by atoms with E-state index in [1.807, 2.05) is 35.0 Å². The Morgan fingerprint density at radius 3 is 2.72 bits per heavy atom. The highest BCUT2D eigenvalue weighted by Gasteiger charge is 2.14. The molecule has 4 nitrogen and oxygen atoms in total. The summed E-state index contributed by atoms with van der Waals surface area (Å²) in [4.78, 5) is 15.3. The summed E-state index contributed by atoms with van der Waals surface area (Å²) in [5, 5.41) is 1.08. The number of primary amides is 1. The number of imidazole rings is 1. The molecule has 0 saturated heterocycles. The van der Waals surface area contributed by atoms with Crippen LogP contribution < -0.4 is 5.73 Å². The van der Waals surface area contributed by atoms with E-state index in [1.54, 1.807) is 13.1 Å². The third-order valence-corrected chi connectivity index (χ3v) is 3.75. The summed E-state index contributed by atoms with van der Waals surface area (Å²) in [5.41, 5.74) is 6.19. The Bertz CT molecular complexity index is 553. The van der Waals surface area contributed by atoms with E-state index in [2.05, 4.69) is 4.98 Å². The van der Waals surface area contributed by atoms with E-state index in [0.29, 0.717) is 5.02 Å². The van der Waals surface area contributed by atoms with Crippen molar-refractivity contribution >= 4 is 29.3 Å². The van der Waals surface area contributed by atoms with E-state index in [9.17, 15) is 4.79 Å². The number of hydrogen-bond acceptors (Lipinski definition) is 3. The van der Waals surface area contributed by atoms with Crippen LogP contribution in [0.5, 0.6) is 0 Å². The maximum atomic E-state index is 11.1. The van der Waals surface area contributed by atoms with Crippen molar-refractivity contribution < 1.29 is 4.79 Å². The average Bonchev–Trinajstić information content (AvgIpc) is 2.78. The largest absolute Gasteiger partial charge is 0.369 e. The van der Waals surface area contributed by atoms with E-state index in [-0.39, 0.29) is 11.2 Å². The van der Waals surface area contributed by atoms with Crippen LogP contribution in [-0.2, 0) is 4.79 Å². The van der Waals surface area contributed by atoms with E-state index < -0.39 is 0 Å². The molecule has 0 bridgehead atoms. The highest BCUT2D eigenvalue weighted by molar-refractivity contribution is 8.00. The molecule has 2 rings (SSSR count). The molecule has 0 spiro atoms. The van der Waals surface area contributed by atoms with Gasteiger partial charge in [-0.3, -0.25) is 9.36 Å². The summed E-state index contributed by atoms with van der Waals surface area (Å²) in [6.45, 7) is 1.76. The van der Waals surface area contributed by atoms with Crippen molar-refractivity contribution in [2.45, 2.75) is 17.3 Å². The van der Waals surface area contributed by atoms with Gasteiger partial charge in [-0.05, 0) is 31.2 Å². The number of rotatable bonds is 4. The monoisotopic (exact) mass is 281 g/mol. The molecule has 1 aromatic carbocycles. The fourth-order valence-corrected chi connectivity index (χ4v) is 2.35. The fourth-order valence-electron chi connectivity index (χ4n) is 1.39. The minimum atomic E-state index is -0.356. The summed E-state index contributed by atoms with van der Waals surface area (Å²) < 4.78 is 1.89. The molecule has 0 aliphatic rings. The quantitative estimate of drug-likeness (QED) is 0.876. The van der Waals surface area contributed by atoms with Crippen LogP contribution in [0.2, 0.25) is 5.02 Å². The number of aromatic nitrogens is 2. The van der Waals surface area contributed by atoms with Crippen molar-refractivity contribution in [1.82, 2.24) is 9.55 Å². The van der Waals surface area contributed by atoms with Gasteiger partial charge in [-0.1, -0.05) is 23.4 Å². The molecule has 0 aliphatic carbocycles. The second-order valence-corrected chi connectivity index (χ2v) is 5.46. The van der Waals surface area contributed by atoms with E-state index >= 15 is 0 Å². The molecule has 1 aromatic heterocycles. The zero-order valence-electron chi connectivity index (χ0n) is 9.71. The summed E-state index contributed by atoms with van der Waals surface area (Å²) in [7, 11) is 0. The highest BCUT2D eigenvalue weighted by Crippen LogP contribution is 2.24. The first-order valence-electron chi connectivity index (χ1n) is 5.33. The van der Waals surface area contributed by atoms with Crippen LogP contribution in [-0.4, -0.2) is 20.7 Å². The molecule has 6 heteroatoms. The topological polar surface area (TPSA) is 60.9 Å². The molecule has 94 valence electrons. The van der Waals surface area contributed by atoms with Crippen LogP contribution in [0.4, 0.5) is 0 Å². The lowest BCUT2D eigenvalue weighted by Gasteiger charge is -2.10. The van der Waals surface area contributed by atoms with Gasteiger partial charge in [0.1, 0.15) is 0 Å². The number of hydrogen-bond donors (Lipinski definition) is 1. The first kappa shape index (κ1) is 13.0. The number of nitrogens with two attached hydrogens (primary N) is 1. The molecule has 0 saturated carbocycles. The lowest BCUT2D eigenvalue weighted by atomic mass is 10.3. The van der Waals surface area contributed by atoms with E-state index in [4.69, 9.17) is 17.3 Å². The first-order valence-corrected chi connectivity index (χ1v) is 6.59. The van der Waals surface area contributed by atoms with Crippen molar-refractivity contribution in [3.05, 3.63) is 41.7 Å². The fraction of sp³-hybridized carbons (Fsp3) is 0.167. The van der Waals surface area contributed by atoms with Gasteiger partial charge in [0.05, 0.1) is 5.25 Å². The molecule has 18 heavy (non-hydrogen) atoms. The third-order valence-electron chi connectivity index (χ3n) is 2.39. The van der Waals surface area contributed by atoms with Crippen LogP contribution in [0, 0.1) is 0 Å². The average molecular weight is 282 g/mol. The number of amides is 1. The van der Waals surface area contributed by atoms with Gasteiger partial charge in [0.15, 0.2) is 5.16 Å². The Labute approximate surface area is 114 Å². The molecule has 1 heterocycles. The Hall–Kier alpha value is -1.46. The lowest BCUT2D eigenvalue weighted by molar-refractivity contribution is -0.117. The van der Waals surface area contributed by atoms with Gasteiger partial charge in [-0.15, -0.1) is 0 Å². The Balaban J connectivity index is 2.27. The zero-order valence-corrected chi connectivity index (χ0v) is 11.3. The first-order chi connectivity index (χ1) is 8.58. The number of nitrogens with zero attached hydrogens (tertiary/aromatic N) is 2. The van der Waals surface area contributed by atoms with Gasteiger partial charge in [-0.2, -0.15) is 0 Å². The van der Waals surface area contributed by atoms with Crippen molar-refractivity contribution in [2.24, 2.45) is 5.73 Å². The minimum Gasteiger partial charge on any atom is -0.369 e. The minimum absolute atomic E-state index is 0.321. The molecule has 0 fully saturated rings. The number of thioether (sulfide) groups is 1. The highest BCUT2D eigenvalue weighted by atomic mass is 35.5. The normalized spacial score (nSPS) is 12.3. The molecule has 1 atom stereocenters. The molecule has 1 amide bonds. The van der Waals surface area contributed by atoms with Crippen molar-refractivity contribution in [3.8, 4) is 5.69 Å². The maximum absolute atomic E-state index is 11.1. The van der Waals surface area contributed by atoms with Gasteiger partial charge >= 0.3 is 0 Å². The predicted octanol–water partition coefficient (Wildman–Crippen LogP) is 2.49. The summed E-state index contributed by atoms with van der Waals surface area (Å²) in [6.07, 6.45) is 3.52. The van der Waals surface area contributed by atoms with Gasteiger partial charge in [0.2, 0.25) is 5.91 Å². The third kappa shape index (κ3) is 2.86. The number of carbonyl (C=O) groups excluding carboxylic acids is 1. The Kier molecular flexibility index (Phi) is 3.93. The van der Waals surface area contributed by atoms with E-state index in [1.165, 1.54) is 11.8 Å². The number of benzene rings is 1. The Morgan fingerprint density at radius 2 is 2.11 bits per heavy atom. The van der Waals surface area contributed by atoms with Crippen LogP contribution in [0.3, 0.4) is 0 Å². The van der Waals surface area contributed by atoms with Crippen LogP contribution in [0.25, 0.3) is 5.69 Å². The molecule has 0 radical (unpaired) electrons. The summed E-state index contributed by atoms with van der Waals surface area (Å²) in [6, 6.07) is 7.40. The summed E-state index contributed by atoms with van der Waals surface area (Å²) >= 11 is 7.18. The molecular formula is C12H12ClN3OS. The van der Waals surface area contributed by atoms with Gasteiger partial charge < -0.3 is 5.73 Å². The van der Waals surface area contributed by atoms with Crippen LogP contribution in [0.1, 0.15) is 6.92 Å². The Morgan fingerprint density at radius 1 is 1.44 bits per heavy atom. The van der Waals surface area contributed by atoms with Crippen molar-refractivity contribution in [1.29, 1.82) is 0 Å². The maximum Gasteiger partial charge on any atom is 0.230 e. The molecule has 2 N–H and O–H groups in total. The molecule has 2 aromatic rings. The van der Waals surface area contributed by atoms with Crippen LogP contribution >= 0.6 is 23.4 Å². The molecule has 0 aliphatic heterocycles. The van der Waals surface area contributed by atoms with Gasteiger partial charge in [0, 0.05) is 23.1 Å². The molecular weight excluding hydrogens is 270 g/mol. The zero-order chi connectivity index (χ0) is 13.1. The van der Waals surface area contributed by atoms with Crippen molar-refractivity contribution in [3.63, 3.8) is 0 Å². The predicted molar refractivity (Wildman–Crippen MR) is 73.1 cm³/mol. The lowest BCUT2D eigenvalue weighted by Crippen LogP contribution is -2.22. The second kappa shape index (κ2) is 5.46. The number of halogens is 1. The molecule has 0 unspecified atom stereocenters. The number of carbonyl (C=O) groups is 1. The van der Waals surface area contributed by atoms with Gasteiger partial charge in [-0.25, -0.2) is 4.98 Å². The van der Waals surface area contributed by atoms with E-state index in [0.717, 1.165) is 10.8 Å². The second-order valence-electron chi connectivity index (χ2n) is 3.72.